The van der Waals surface area contributed by atoms with E-state index in [1.165, 1.54) is 0 Å². The summed E-state index contributed by atoms with van der Waals surface area (Å²) in [5.74, 6) is -0.879. The molecular weight excluding hydrogens is 226 g/mol. The first-order chi connectivity index (χ1) is 8.64. The van der Waals surface area contributed by atoms with Crippen LogP contribution in [0.2, 0.25) is 0 Å². The maximum absolute atomic E-state index is 11.4. The van der Waals surface area contributed by atoms with Crippen LogP contribution in [-0.4, -0.2) is 22.8 Å². The third-order valence-corrected chi connectivity index (χ3v) is 2.93. The van der Waals surface area contributed by atoms with Crippen molar-refractivity contribution in [1.82, 2.24) is 0 Å². The van der Waals surface area contributed by atoms with Gasteiger partial charge in [-0.05, 0) is 18.9 Å². The van der Waals surface area contributed by atoms with Crippen LogP contribution in [0.15, 0.2) is 47.5 Å². The number of hydrogen-bond acceptors (Lipinski definition) is 2. The Morgan fingerprint density at radius 2 is 2.06 bits per heavy atom. The molecule has 0 amide bonds. The largest absolute Gasteiger partial charge is 0.479 e. The Balaban J connectivity index is 2.97. The van der Waals surface area contributed by atoms with E-state index in [0.29, 0.717) is 12.8 Å². The first-order valence-corrected chi connectivity index (χ1v) is 6.09. The normalized spacial score (nSPS) is 15.0. The summed E-state index contributed by atoms with van der Waals surface area (Å²) in [6.07, 6.45) is 6.22. The summed E-state index contributed by atoms with van der Waals surface area (Å²) in [6.45, 7) is 3.73. The van der Waals surface area contributed by atoms with Gasteiger partial charge in [0.25, 0.3) is 0 Å². The van der Waals surface area contributed by atoms with Gasteiger partial charge in [-0.25, -0.2) is 4.79 Å². The second-order valence-electron chi connectivity index (χ2n) is 4.13. The van der Waals surface area contributed by atoms with Crippen molar-refractivity contribution < 1.29 is 9.90 Å². The second kappa shape index (κ2) is 6.74. The summed E-state index contributed by atoms with van der Waals surface area (Å²) >= 11 is 0. The minimum Gasteiger partial charge on any atom is -0.479 e. The smallest absolute Gasteiger partial charge is 0.331 e. The zero-order chi connectivity index (χ0) is 13.4. The Kier molecular flexibility index (Phi) is 5.31. The molecule has 1 atom stereocenters. The van der Waals surface area contributed by atoms with Gasteiger partial charge in [0.05, 0.1) is 0 Å². The quantitative estimate of drug-likeness (QED) is 0.617. The van der Waals surface area contributed by atoms with Gasteiger partial charge in [-0.3, -0.25) is 4.99 Å². The SMILES string of the molecule is C/C=C/CC(CC)(N=Cc1ccccc1)C(=O)O. The average molecular weight is 245 g/mol. The van der Waals surface area contributed by atoms with Gasteiger partial charge < -0.3 is 5.11 Å². The molecule has 3 nitrogen and oxygen atoms in total. The van der Waals surface area contributed by atoms with Crippen LogP contribution in [0.5, 0.6) is 0 Å². The lowest BCUT2D eigenvalue weighted by Crippen LogP contribution is -2.35. The van der Waals surface area contributed by atoms with E-state index in [-0.39, 0.29) is 0 Å². The van der Waals surface area contributed by atoms with Crippen molar-refractivity contribution in [2.75, 3.05) is 0 Å². The van der Waals surface area contributed by atoms with Gasteiger partial charge in [0.2, 0.25) is 0 Å². The van der Waals surface area contributed by atoms with Crippen molar-refractivity contribution in [2.45, 2.75) is 32.2 Å². The van der Waals surface area contributed by atoms with Gasteiger partial charge in [-0.15, -0.1) is 0 Å². The Labute approximate surface area is 108 Å². The van der Waals surface area contributed by atoms with Gasteiger partial charge in [0.15, 0.2) is 5.54 Å². The van der Waals surface area contributed by atoms with Crippen molar-refractivity contribution in [3.8, 4) is 0 Å². The Bertz CT molecular complexity index is 437. The van der Waals surface area contributed by atoms with Crippen molar-refractivity contribution in [2.24, 2.45) is 4.99 Å². The number of benzene rings is 1. The van der Waals surface area contributed by atoms with E-state index in [1.54, 1.807) is 6.21 Å². The number of aliphatic carboxylic acids is 1. The third kappa shape index (κ3) is 3.55. The highest BCUT2D eigenvalue weighted by atomic mass is 16.4. The number of carboxylic acids is 1. The maximum Gasteiger partial charge on any atom is 0.331 e. The van der Waals surface area contributed by atoms with Crippen LogP contribution in [0, 0.1) is 0 Å². The first-order valence-electron chi connectivity index (χ1n) is 6.09. The summed E-state index contributed by atoms with van der Waals surface area (Å²) < 4.78 is 0. The number of carbonyl (C=O) groups is 1. The van der Waals surface area contributed by atoms with Gasteiger partial charge >= 0.3 is 5.97 Å². The molecule has 18 heavy (non-hydrogen) atoms. The Morgan fingerprint density at radius 1 is 1.39 bits per heavy atom. The minimum atomic E-state index is -1.05. The topological polar surface area (TPSA) is 49.7 Å². The predicted octanol–water partition coefficient (Wildman–Crippen LogP) is 3.31. The molecule has 0 saturated heterocycles. The predicted molar refractivity (Wildman–Crippen MR) is 74.1 cm³/mol. The molecule has 0 aliphatic heterocycles. The molecule has 0 radical (unpaired) electrons. The van der Waals surface area contributed by atoms with Crippen LogP contribution in [0.25, 0.3) is 0 Å². The van der Waals surface area contributed by atoms with Crippen LogP contribution in [0.3, 0.4) is 0 Å². The van der Waals surface area contributed by atoms with E-state index in [4.69, 9.17) is 0 Å². The number of carboxylic acid groups (broad SMARTS) is 1. The summed E-state index contributed by atoms with van der Waals surface area (Å²) in [5.41, 5.74) is -0.139. The molecular formula is C15H19NO2. The minimum absolute atomic E-state index is 0.415. The number of rotatable bonds is 6. The van der Waals surface area contributed by atoms with Crippen molar-refractivity contribution in [3.05, 3.63) is 48.0 Å². The summed E-state index contributed by atoms with van der Waals surface area (Å²) in [7, 11) is 0. The molecule has 0 saturated carbocycles. The highest BCUT2D eigenvalue weighted by Crippen LogP contribution is 2.22. The summed E-state index contributed by atoms with van der Waals surface area (Å²) in [4.78, 5) is 15.7. The zero-order valence-corrected chi connectivity index (χ0v) is 10.8. The molecule has 0 aliphatic carbocycles. The van der Waals surface area contributed by atoms with Gasteiger partial charge in [-0.1, -0.05) is 49.4 Å². The van der Waals surface area contributed by atoms with Crippen LogP contribution in [0.1, 0.15) is 32.3 Å². The van der Waals surface area contributed by atoms with E-state index < -0.39 is 11.5 Å². The van der Waals surface area contributed by atoms with Crippen molar-refractivity contribution >= 4 is 12.2 Å². The molecule has 1 rings (SSSR count). The molecule has 3 heteroatoms. The molecule has 0 heterocycles. The fourth-order valence-electron chi connectivity index (χ4n) is 1.63. The van der Waals surface area contributed by atoms with E-state index in [9.17, 15) is 9.90 Å². The van der Waals surface area contributed by atoms with Gasteiger partial charge in [0, 0.05) is 12.6 Å². The van der Waals surface area contributed by atoms with E-state index in [0.717, 1.165) is 5.56 Å². The summed E-state index contributed by atoms with van der Waals surface area (Å²) in [5, 5.41) is 9.38. The molecule has 0 aliphatic rings. The lowest BCUT2D eigenvalue weighted by molar-refractivity contribution is -0.143. The number of allylic oxidation sites excluding steroid dienone is 1. The fourth-order valence-corrected chi connectivity index (χ4v) is 1.63. The maximum atomic E-state index is 11.4. The van der Waals surface area contributed by atoms with Crippen molar-refractivity contribution in [3.63, 3.8) is 0 Å². The molecule has 1 unspecified atom stereocenters. The van der Waals surface area contributed by atoms with E-state index >= 15 is 0 Å². The van der Waals surface area contributed by atoms with Gasteiger partial charge in [0.1, 0.15) is 0 Å². The van der Waals surface area contributed by atoms with Crippen molar-refractivity contribution in [1.29, 1.82) is 0 Å². The first kappa shape index (κ1) is 14.2. The molecule has 0 bridgehead atoms. The average Bonchev–Trinajstić information content (AvgIpc) is 2.40. The zero-order valence-electron chi connectivity index (χ0n) is 10.8. The molecule has 0 fully saturated rings. The number of hydrogen-bond donors (Lipinski definition) is 1. The molecule has 1 N–H and O–H groups in total. The van der Waals surface area contributed by atoms with Crippen LogP contribution in [0.4, 0.5) is 0 Å². The highest BCUT2D eigenvalue weighted by Gasteiger charge is 2.34. The molecule has 1 aromatic rings. The lowest BCUT2D eigenvalue weighted by atomic mass is 9.92. The Hall–Kier alpha value is -1.90. The van der Waals surface area contributed by atoms with Crippen LogP contribution >= 0.6 is 0 Å². The lowest BCUT2D eigenvalue weighted by Gasteiger charge is -2.21. The van der Waals surface area contributed by atoms with Crippen LogP contribution < -0.4 is 0 Å². The molecule has 0 aromatic heterocycles. The molecule has 0 spiro atoms. The second-order valence-corrected chi connectivity index (χ2v) is 4.13. The third-order valence-electron chi connectivity index (χ3n) is 2.93. The standard InChI is InChI=1S/C15H19NO2/c1-3-5-11-15(4-2,14(17)18)16-12-13-9-7-6-8-10-13/h3,5-10,12H,4,11H2,1-2H3,(H,17,18)/b5-3+,16-12?. The number of aliphatic imine (C=N–C) groups is 1. The fraction of sp³-hybridized carbons (Fsp3) is 0.333. The molecule has 1 aromatic carbocycles. The summed E-state index contributed by atoms with van der Waals surface area (Å²) in [6, 6.07) is 9.54. The number of nitrogens with zero attached hydrogens (tertiary/aromatic N) is 1. The van der Waals surface area contributed by atoms with Crippen LogP contribution in [-0.2, 0) is 4.79 Å². The highest BCUT2D eigenvalue weighted by molar-refractivity contribution is 5.86. The monoisotopic (exact) mass is 245 g/mol. The van der Waals surface area contributed by atoms with E-state index in [2.05, 4.69) is 4.99 Å². The van der Waals surface area contributed by atoms with Gasteiger partial charge in [-0.2, -0.15) is 0 Å². The van der Waals surface area contributed by atoms with E-state index in [1.807, 2.05) is 56.3 Å². The molecule has 96 valence electrons. The Morgan fingerprint density at radius 3 is 2.56 bits per heavy atom.